The zero-order chi connectivity index (χ0) is 15.3. The molecule has 1 heterocycles. The fourth-order valence-corrected chi connectivity index (χ4v) is 4.79. The van der Waals surface area contributed by atoms with E-state index in [9.17, 15) is 13.2 Å². The van der Waals surface area contributed by atoms with Crippen molar-refractivity contribution < 1.29 is 13.2 Å². The third kappa shape index (κ3) is 5.60. The molecule has 1 saturated carbocycles. The van der Waals surface area contributed by atoms with E-state index in [1.54, 1.807) is 6.07 Å². The van der Waals surface area contributed by atoms with Crippen LogP contribution >= 0.6 is 22.0 Å². The first-order valence-electron chi connectivity index (χ1n) is 7.25. The van der Waals surface area contributed by atoms with E-state index in [0.717, 1.165) is 28.6 Å². The third-order valence-corrected chi connectivity index (χ3v) is 7.06. The molecule has 0 aliphatic heterocycles. The van der Waals surface area contributed by atoms with Gasteiger partial charge in [-0.3, -0.25) is 4.79 Å². The van der Waals surface area contributed by atoms with E-state index < -0.39 is 9.05 Å². The first kappa shape index (κ1) is 16.8. The summed E-state index contributed by atoms with van der Waals surface area (Å²) in [6.45, 7) is 0.534. The molecule has 0 saturated heterocycles. The second-order valence-corrected chi connectivity index (χ2v) is 9.41. The number of thiophene rings is 1. The predicted octanol–water partition coefficient (Wildman–Crippen LogP) is 3.30. The first-order valence-corrected chi connectivity index (χ1v) is 10.4. The van der Waals surface area contributed by atoms with Crippen LogP contribution in [0.4, 0.5) is 0 Å². The molecular weight excluding hydrogens is 330 g/mol. The fourth-order valence-electron chi connectivity index (χ4n) is 2.67. The molecule has 1 aromatic heterocycles. The summed E-state index contributed by atoms with van der Waals surface area (Å²) in [6.07, 6.45) is 7.34. The summed E-state index contributed by atoms with van der Waals surface area (Å²) in [6, 6.07) is 3.24. The number of carbonyl (C=O) groups excluding carboxylic acids is 1. The molecule has 0 bridgehead atoms. The van der Waals surface area contributed by atoms with Gasteiger partial charge in [-0.1, -0.05) is 25.7 Å². The van der Waals surface area contributed by atoms with Crippen LogP contribution in [0.25, 0.3) is 0 Å². The summed E-state index contributed by atoms with van der Waals surface area (Å²) in [5.41, 5.74) is 0. The van der Waals surface area contributed by atoms with Crippen LogP contribution in [0.1, 0.15) is 43.4 Å². The number of rotatable bonds is 7. The molecule has 1 aliphatic carbocycles. The van der Waals surface area contributed by atoms with Gasteiger partial charge in [-0.05, 0) is 30.9 Å². The van der Waals surface area contributed by atoms with Crippen LogP contribution in [0, 0.1) is 5.92 Å². The largest absolute Gasteiger partial charge is 0.356 e. The molecule has 7 heteroatoms. The standard InChI is InChI=1S/C14H20ClNO3S2/c15-21(18,19)14-8-6-12(20-14)9-10-16-13(17)7-5-11-3-1-2-4-11/h6,8,11H,1-5,7,9-10H2,(H,16,17). The van der Waals surface area contributed by atoms with Gasteiger partial charge < -0.3 is 5.32 Å². The molecule has 1 fully saturated rings. The summed E-state index contributed by atoms with van der Waals surface area (Å²) in [5, 5.41) is 2.89. The van der Waals surface area contributed by atoms with Crippen LogP contribution < -0.4 is 5.32 Å². The summed E-state index contributed by atoms with van der Waals surface area (Å²) in [4.78, 5) is 12.6. The van der Waals surface area contributed by atoms with Crippen LogP contribution in [0.5, 0.6) is 0 Å². The Morgan fingerprint density at radius 1 is 1.33 bits per heavy atom. The quantitative estimate of drug-likeness (QED) is 0.768. The van der Waals surface area contributed by atoms with Gasteiger partial charge in [0.15, 0.2) is 0 Å². The second-order valence-electron chi connectivity index (χ2n) is 5.45. The highest BCUT2D eigenvalue weighted by molar-refractivity contribution is 8.15. The minimum absolute atomic E-state index is 0.0867. The van der Waals surface area contributed by atoms with Crippen molar-refractivity contribution in [3.63, 3.8) is 0 Å². The molecule has 0 radical (unpaired) electrons. The van der Waals surface area contributed by atoms with Gasteiger partial charge in [0.05, 0.1) is 0 Å². The number of nitrogens with one attached hydrogen (secondary N) is 1. The SMILES string of the molecule is O=C(CCC1CCCC1)NCCc1ccc(S(=O)(=O)Cl)s1. The average Bonchev–Trinajstić information content (AvgIpc) is 3.07. The number of hydrogen-bond acceptors (Lipinski definition) is 4. The molecule has 1 N–H and O–H groups in total. The van der Waals surface area contributed by atoms with Crippen LogP contribution in [0.3, 0.4) is 0 Å². The molecule has 21 heavy (non-hydrogen) atoms. The van der Waals surface area contributed by atoms with E-state index in [1.807, 2.05) is 0 Å². The van der Waals surface area contributed by atoms with Crippen LogP contribution in [-0.2, 0) is 20.3 Å². The molecule has 0 unspecified atom stereocenters. The minimum atomic E-state index is -3.64. The maximum absolute atomic E-state index is 11.7. The van der Waals surface area contributed by atoms with Crippen LogP contribution in [0.2, 0.25) is 0 Å². The number of hydrogen-bond donors (Lipinski definition) is 1. The molecule has 0 aromatic carbocycles. The van der Waals surface area contributed by atoms with Crippen molar-refractivity contribution in [1.82, 2.24) is 5.32 Å². The lowest BCUT2D eigenvalue weighted by Gasteiger charge is -2.08. The van der Waals surface area contributed by atoms with Crippen molar-refractivity contribution >= 4 is 37.0 Å². The van der Waals surface area contributed by atoms with Gasteiger partial charge in [0, 0.05) is 28.5 Å². The predicted molar refractivity (Wildman–Crippen MR) is 85.3 cm³/mol. The van der Waals surface area contributed by atoms with Gasteiger partial charge in [0.2, 0.25) is 5.91 Å². The normalized spacial score (nSPS) is 16.2. The Bertz CT molecular complexity index is 577. The molecule has 1 aliphatic rings. The first-order chi connectivity index (χ1) is 9.95. The summed E-state index contributed by atoms with van der Waals surface area (Å²) < 4.78 is 22.4. The highest BCUT2D eigenvalue weighted by Crippen LogP contribution is 2.28. The van der Waals surface area contributed by atoms with E-state index in [2.05, 4.69) is 5.32 Å². The number of amides is 1. The molecule has 0 atom stereocenters. The van der Waals surface area contributed by atoms with Crippen LogP contribution in [-0.4, -0.2) is 20.9 Å². The fraction of sp³-hybridized carbons (Fsp3) is 0.643. The Morgan fingerprint density at radius 2 is 2.05 bits per heavy atom. The molecule has 1 aromatic rings. The van der Waals surface area contributed by atoms with Crippen molar-refractivity contribution in [2.24, 2.45) is 5.92 Å². The smallest absolute Gasteiger partial charge is 0.270 e. The molecule has 1 amide bonds. The van der Waals surface area contributed by atoms with Gasteiger partial charge in [-0.25, -0.2) is 8.42 Å². The topological polar surface area (TPSA) is 63.2 Å². The lowest BCUT2D eigenvalue weighted by atomic mass is 10.0. The molecular formula is C14H20ClNO3S2. The average molecular weight is 350 g/mol. The van der Waals surface area contributed by atoms with Crippen LogP contribution in [0.15, 0.2) is 16.3 Å². The summed E-state index contributed by atoms with van der Waals surface area (Å²) >= 11 is 1.15. The Hall–Kier alpha value is -0.590. The van der Waals surface area contributed by atoms with Crippen molar-refractivity contribution in [2.45, 2.75) is 49.2 Å². The van der Waals surface area contributed by atoms with Crippen molar-refractivity contribution in [2.75, 3.05) is 6.54 Å². The highest BCUT2D eigenvalue weighted by Gasteiger charge is 2.16. The van der Waals surface area contributed by atoms with E-state index in [1.165, 1.54) is 31.7 Å². The molecule has 118 valence electrons. The second kappa shape index (κ2) is 7.61. The molecule has 2 rings (SSSR count). The Labute approximate surface area is 134 Å². The maximum atomic E-state index is 11.7. The van der Waals surface area contributed by atoms with Crippen molar-refractivity contribution in [3.8, 4) is 0 Å². The van der Waals surface area contributed by atoms with Gasteiger partial charge in [0.1, 0.15) is 4.21 Å². The van der Waals surface area contributed by atoms with Crippen molar-refractivity contribution in [1.29, 1.82) is 0 Å². The van der Waals surface area contributed by atoms with E-state index in [-0.39, 0.29) is 10.1 Å². The monoisotopic (exact) mass is 349 g/mol. The highest BCUT2D eigenvalue weighted by atomic mass is 35.7. The van der Waals surface area contributed by atoms with Gasteiger partial charge in [0.25, 0.3) is 9.05 Å². The van der Waals surface area contributed by atoms with E-state index >= 15 is 0 Å². The lowest BCUT2D eigenvalue weighted by molar-refractivity contribution is -0.121. The minimum Gasteiger partial charge on any atom is -0.356 e. The Kier molecular flexibility index (Phi) is 6.08. The van der Waals surface area contributed by atoms with E-state index in [0.29, 0.717) is 19.4 Å². The lowest BCUT2D eigenvalue weighted by Crippen LogP contribution is -2.25. The summed E-state index contributed by atoms with van der Waals surface area (Å²) in [5.74, 6) is 0.813. The Morgan fingerprint density at radius 3 is 2.67 bits per heavy atom. The van der Waals surface area contributed by atoms with Gasteiger partial charge in [-0.15, -0.1) is 11.3 Å². The van der Waals surface area contributed by atoms with Gasteiger partial charge >= 0.3 is 0 Å². The van der Waals surface area contributed by atoms with Gasteiger partial charge in [-0.2, -0.15) is 0 Å². The zero-order valence-electron chi connectivity index (χ0n) is 11.8. The third-order valence-electron chi connectivity index (χ3n) is 3.83. The molecule has 4 nitrogen and oxygen atoms in total. The number of carbonyl (C=O) groups is 1. The van der Waals surface area contributed by atoms with Crippen molar-refractivity contribution in [3.05, 3.63) is 17.0 Å². The summed E-state index contributed by atoms with van der Waals surface area (Å²) in [7, 11) is 1.63. The Balaban J connectivity index is 1.66. The number of halogens is 1. The zero-order valence-corrected chi connectivity index (χ0v) is 14.2. The molecule has 0 spiro atoms. The van der Waals surface area contributed by atoms with E-state index in [4.69, 9.17) is 10.7 Å². The maximum Gasteiger partial charge on any atom is 0.270 e.